The number of H-pyrrole nitrogens is 1. The number of amides is 2. The van der Waals surface area contributed by atoms with Gasteiger partial charge >= 0.3 is 6.09 Å². The number of rotatable bonds is 11. The van der Waals surface area contributed by atoms with Gasteiger partial charge in [-0.25, -0.2) is 9.48 Å². The van der Waals surface area contributed by atoms with Gasteiger partial charge in [0.1, 0.15) is 12.8 Å². The normalized spacial score (nSPS) is 19.6. The van der Waals surface area contributed by atoms with Crippen molar-refractivity contribution >= 4 is 36.8 Å². The van der Waals surface area contributed by atoms with E-state index in [-0.39, 0.29) is 30.7 Å². The van der Waals surface area contributed by atoms with Gasteiger partial charge in [0, 0.05) is 49.4 Å². The average molecular weight is 599 g/mol. The van der Waals surface area contributed by atoms with Crippen molar-refractivity contribution in [2.24, 2.45) is 0 Å². The maximum Gasteiger partial charge on any atom is 0.407 e. The van der Waals surface area contributed by atoms with Crippen molar-refractivity contribution in [3.05, 3.63) is 41.2 Å². The van der Waals surface area contributed by atoms with Crippen LogP contribution in [0.5, 0.6) is 0 Å². The van der Waals surface area contributed by atoms with Crippen LogP contribution < -0.4 is 10.6 Å². The van der Waals surface area contributed by atoms with Gasteiger partial charge in [-0.05, 0) is 45.2 Å². The van der Waals surface area contributed by atoms with Crippen molar-refractivity contribution in [2.45, 2.75) is 89.9 Å². The van der Waals surface area contributed by atoms with E-state index in [1.54, 1.807) is 16.9 Å². The minimum atomic E-state index is -1.23. The SMILES string of the molecule is CC(C)NC(=O)O[C@@H]1CC[C@H](c2cc(NC(=O)c3ccc(C4OCCO4)c4c3cnn4COCC[Si](C)(C)C)n[nH]2)C1. The molecule has 12 nitrogen and oxygen atoms in total. The number of aromatic amines is 1. The summed E-state index contributed by atoms with van der Waals surface area (Å²) >= 11 is 0. The van der Waals surface area contributed by atoms with Crippen molar-refractivity contribution in [1.29, 1.82) is 0 Å². The number of carbonyl (C=O) groups excluding carboxylic acids is 2. The predicted molar refractivity (Wildman–Crippen MR) is 160 cm³/mol. The molecule has 3 N–H and O–H groups in total. The van der Waals surface area contributed by atoms with E-state index in [1.807, 2.05) is 26.0 Å². The van der Waals surface area contributed by atoms with Crippen LogP contribution in [0, 0.1) is 0 Å². The second kappa shape index (κ2) is 12.9. The standard InChI is InChI=1S/C29H42N6O6Si/c1-18(2)31-29(37)41-20-7-6-19(14-20)24-15-25(34-33-24)32-27(36)21-8-9-22(28-39-10-11-40-28)26-23(21)16-30-35(26)17-38-12-13-42(3,4)5/h8-9,15-16,18-20,28H,6-7,10-14,17H2,1-5H3,(H,31,37)(H2,32,33,34,36)/t19-,20+/m0/s1. The van der Waals surface area contributed by atoms with E-state index >= 15 is 0 Å². The average Bonchev–Trinajstić information content (AvgIpc) is 3.73. The number of fused-ring (bicyclic) bond motifs is 1. The maximum absolute atomic E-state index is 13.5. The number of benzene rings is 1. The van der Waals surface area contributed by atoms with E-state index in [9.17, 15) is 9.59 Å². The summed E-state index contributed by atoms with van der Waals surface area (Å²) < 4.78 is 24.9. The molecule has 5 rings (SSSR count). The lowest BCUT2D eigenvalue weighted by Gasteiger charge is -2.17. The zero-order valence-corrected chi connectivity index (χ0v) is 26.1. The molecule has 0 radical (unpaired) electrons. The van der Waals surface area contributed by atoms with E-state index in [1.165, 1.54) is 0 Å². The highest BCUT2D eigenvalue weighted by atomic mass is 28.3. The number of anilines is 1. The largest absolute Gasteiger partial charge is 0.446 e. The molecule has 13 heteroatoms. The fourth-order valence-corrected chi connectivity index (χ4v) is 6.08. The summed E-state index contributed by atoms with van der Waals surface area (Å²) in [6.07, 6.45) is 2.97. The number of aromatic nitrogens is 4. The number of carbonyl (C=O) groups is 2. The molecule has 2 aliphatic rings. The van der Waals surface area contributed by atoms with E-state index in [4.69, 9.17) is 18.9 Å². The molecular formula is C29H42N6O6Si. The minimum Gasteiger partial charge on any atom is -0.446 e. The molecule has 0 bridgehead atoms. The zero-order chi connectivity index (χ0) is 29.9. The number of nitrogens with zero attached hydrogens (tertiary/aromatic N) is 3. The number of alkyl carbamates (subject to hydrolysis) is 1. The second-order valence-corrected chi connectivity index (χ2v) is 18.2. The fraction of sp³-hybridized carbons (Fsp3) is 0.586. The summed E-state index contributed by atoms with van der Waals surface area (Å²) in [5.74, 6) is 0.297. The smallest absolute Gasteiger partial charge is 0.407 e. The Labute approximate surface area is 246 Å². The van der Waals surface area contributed by atoms with Crippen LogP contribution in [0.15, 0.2) is 24.4 Å². The first-order valence-electron chi connectivity index (χ1n) is 14.7. The van der Waals surface area contributed by atoms with Gasteiger partial charge in [-0.3, -0.25) is 9.89 Å². The molecule has 0 spiro atoms. The van der Waals surface area contributed by atoms with Gasteiger partial charge in [-0.15, -0.1) is 0 Å². The van der Waals surface area contributed by atoms with Crippen LogP contribution >= 0.6 is 0 Å². The van der Waals surface area contributed by atoms with Crippen molar-refractivity contribution in [3.63, 3.8) is 0 Å². The van der Waals surface area contributed by atoms with Crippen LogP contribution in [-0.4, -0.2) is 72.0 Å². The first kappa shape index (κ1) is 30.2. The highest BCUT2D eigenvalue weighted by Crippen LogP contribution is 2.36. The number of hydrogen-bond acceptors (Lipinski definition) is 8. The highest BCUT2D eigenvalue weighted by molar-refractivity contribution is 6.76. The predicted octanol–water partition coefficient (Wildman–Crippen LogP) is 5.14. The molecule has 3 heterocycles. The van der Waals surface area contributed by atoms with Gasteiger partial charge in [0.2, 0.25) is 0 Å². The fourth-order valence-electron chi connectivity index (χ4n) is 5.33. The maximum atomic E-state index is 13.5. The van der Waals surface area contributed by atoms with Gasteiger partial charge < -0.3 is 29.6 Å². The third-order valence-corrected chi connectivity index (χ3v) is 9.21. The third kappa shape index (κ3) is 7.38. The molecular weight excluding hydrogens is 556 g/mol. The lowest BCUT2D eigenvalue weighted by atomic mass is 10.0. The Morgan fingerprint density at radius 2 is 1.98 bits per heavy atom. The van der Waals surface area contributed by atoms with Gasteiger partial charge in [-0.1, -0.05) is 25.7 Å². The summed E-state index contributed by atoms with van der Waals surface area (Å²) in [6.45, 7) is 12.7. The number of nitrogens with one attached hydrogen (secondary N) is 3. The van der Waals surface area contributed by atoms with Gasteiger partial charge in [0.25, 0.3) is 5.91 Å². The van der Waals surface area contributed by atoms with Gasteiger partial charge in [0.05, 0.1) is 30.5 Å². The Morgan fingerprint density at radius 1 is 1.19 bits per heavy atom. The van der Waals surface area contributed by atoms with Crippen molar-refractivity contribution in [2.75, 3.05) is 25.1 Å². The Morgan fingerprint density at radius 3 is 2.71 bits per heavy atom. The summed E-state index contributed by atoms with van der Waals surface area (Å²) in [5.41, 5.74) is 2.94. The first-order chi connectivity index (χ1) is 20.1. The zero-order valence-electron chi connectivity index (χ0n) is 25.1. The van der Waals surface area contributed by atoms with Crippen molar-refractivity contribution in [1.82, 2.24) is 25.3 Å². The molecule has 1 aromatic carbocycles. The minimum absolute atomic E-state index is 0.0257. The van der Waals surface area contributed by atoms with E-state index < -0.39 is 20.5 Å². The summed E-state index contributed by atoms with van der Waals surface area (Å²) in [6, 6.07) is 6.55. The van der Waals surface area contributed by atoms with Crippen LogP contribution in [0.2, 0.25) is 25.7 Å². The second-order valence-electron chi connectivity index (χ2n) is 12.5. The van der Waals surface area contributed by atoms with Crippen LogP contribution in [0.4, 0.5) is 10.6 Å². The van der Waals surface area contributed by atoms with Crippen molar-refractivity contribution < 1.29 is 28.5 Å². The molecule has 228 valence electrons. The Hall–Kier alpha value is -3.26. The first-order valence-corrected chi connectivity index (χ1v) is 18.4. The Balaban J connectivity index is 1.28. The molecule has 42 heavy (non-hydrogen) atoms. The summed E-state index contributed by atoms with van der Waals surface area (Å²) in [4.78, 5) is 25.5. The molecule has 1 saturated heterocycles. The molecule has 2 fully saturated rings. The number of hydrogen-bond donors (Lipinski definition) is 3. The van der Waals surface area contributed by atoms with Crippen LogP contribution in [0.25, 0.3) is 10.9 Å². The molecule has 2 amide bonds. The van der Waals surface area contributed by atoms with Gasteiger partial charge in [0.15, 0.2) is 12.1 Å². The molecule has 1 saturated carbocycles. The Kier molecular flexibility index (Phi) is 9.31. The van der Waals surface area contributed by atoms with Gasteiger partial charge in [-0.2, -0.15) is 10.2 Å². The molecule has 1 aliphatic carbocycles. The molecule has 3 aromatic rings. The highest BCUT2D eigenvalue weighted by Gasteiger charge is 2.31. The van der Waals surface area contributed by atoms with Crippen LogP contribution in [0.3, 0.4) is 0 Å². The van der Waals surface area contributed by atoms with Crippen LogP contribution in [-0.2, 0) is 25.7 Å². The lowest BCUT2D eigenvalue weighted by Crippen LogP contribution is -2.33. The monoisotopic (exact) mass is 598 g/mol. The van der Waals surface area contributed by atoms with E-state index in [2.05, 4.69) is 45.6 Å². The Bertz CT molecular complexity index is 1390. The topological polar surface area (TPSA) is 142 Å². The lowest BCUT2D eigenvalue weighted by molar-refractivity contribution is -0.0434. The molecule has 0 unspecified atom stereocenters. The van der Waals surface area contributed by atoms with Crippen LogP contribution in [0.1, 0.15) is 66.9 Å². The molecule has 2 aromatic heterocycles. The van der Waals surface area contributed by atoms with Crippen molar-refractivity contribution in [3.8, 4) is 0 Å². The molecule has 2 atom stereocenters. The third-order valence-electron chi connectivity index (χ3n) is 7.51. The van der Waals surface area contributed by atoms with E-state index in [0.29, 0.717) is 43.0 Å². The summed E-state index contributed by atoms with van der Waals surface area (Å²) in [5, 5.41) is 18.3. The summed E-state index contributed by atoms with van der Waals surface area (Å²) in [7, 11) is -1.23. The quantitative estimate of drug-likeness (QED) is 0.204. The number of ether oxygens (including phenoxy) is 4. The molecule has 1 aliphatic heterocycles. The van der Waals surface area contributed by atoms with E-state index in [0.717, 1.165) is 35.7 Å².